The van der Waals surface area contributed by atoms with E-state index in [1.165, 1.54) is 18.2 Å². The standard InChI is InChI=1S/C15H22F3N3.C13H10FNO2.C2H6/c1-3-20-6-8-21(9-7-20)11-12-4-5-13(19-2)10-14(12)15(16,17)18;14-12-8-10(11-2-1-5-15-9-11)3-4-13(12)17-7-6-16;1-2/h4-5,10,19H,3,6-9,11H2,1-2H3;1-6,8-9H,7H2;1-2H3. The Morgan fingerprint density at radius 2 is 1.70 bits per heavy atom. The predicted molar refractivity (Wildman–Crippen MR) is 151 cm³/mol. The minimum absolute atomic E-state index is 0.0738. The van der Waals surface area contributed by atoms with Gasteiger partial charge < -0.3 is 15.0 Å². The summed E-state index contributed by atoms with van der Waals surface area (Å²) in [5.74, 6) is -0.419. The first-order valence-electron chi connectivity index (χ1n) is 13.3. The molecule has 1 saturated heterocycles. The predicted octanol–water partition coefficient (Wildman–Crippen LogP) is 6.38. The molecule has 40 heavy (non-hydrogen) atoms. The summed E-state index contributed by atoms with van der Waals surface area (Å²) in [6.45, 7) is 10.8. The summed E-state index contributed by atoms with van der Waals surface area (Å²) in [6, 6.07) is 12.7. The lowest BCUT2D eigenvalue weighted by Crippen LogP contribution is -2.45. The van der Waals surface area contributed by atoms with Crippen LogP contribution in [-0.2, 0) is 17.5 Å². The van der Waals surface area contributed by atoms with Gasteiger partial charge in [0.25, 0.3) is 0 Å². The second-order valence-corrected chi connectivity index (χ2v) is 8.69. The minimum Gasteiger partial charge on any atom is -0.483 e. The van der Waals surface area contributed by atoms with Crippen LogP contribution in [0, 0.1) is 5.82 Å². The minimum atomic E-state index is -4.31. The van der Waals surface area contributed by atoms with Gasteiger partial charge in [-0.15, -0.1) is 0 Å². The van der Waals surface area contributed by atoms with E-state index in [2.05, 4.69) is 27.0 Å². The first-order valence-corrected chi connectivity index (χ1v) is 13.3. The van der Waals surface area contributed by atoms with E-state index in [-0.39, 0.29) is 12.4 Å². The Morgan fingerprint density at radius 3 is 2.25 bits per heavy atom. The summed E-state index contributed by atoms with van der Waals surface area (Å²) in [5.41, 5.74) is 1.85. The number of aldehydes is 1. The van der Waals surface area contributed by atoms with Crippen molar-refractivity contribution in [2.75, 3.05) is 51.7 Å². The quantitative estimate of drug-likeness (QED) is 0.254. The highest BCUT2D eigenvalue weighted by molar-refractivity contribution is 5.63. The average Bonchev–Trinajstić information content (AvgIpc) is 2.98. The van der Waals surface area contributed by atoms with Gasteiger partial charge in [0.15, 0.2) is 17.9 Å². The summed E-state index contributed by atoms with van der Waals surface area (Å²) < 4.78 is 58.1. The van der Waals surface area contributed by atoms with Gasteiger partial charge in [0.2, 0.25) is 0 Å². The number of piperazine rings is 1. The molecule has 1 aromatic heterocycles. The van der Waals surface area contributed by atoms with Crippen molar-refractivity contribution in [2.45, 2.75) is 33.5 Å². The molecule has 1 aliphatic heterocycles. The van der Waals surface area contributed by atoms with E-state index in [0.29, 0.717) is 29.6 Å². The number of hydrogen-bond donors (Lipinski definition) is 1. The average molecular weight is 563 g/mol. The van der Waals surface area contributed by atoms with E-state index in [4.69, 9.17) is 4.74 Å². The van der Waals surface area contributed by atoms with Crippen LogP contribution in [0.25, 0.3) is 11.1 Å². The fraction of sp³-hybridized carbons (Fsp3) is 0.400. The molecule has 1 aliphatic rings. The second kappa shape index (κ2) is 16.6. The number of carbonyl (C=O) groups excluding carboxylic acids is 1. The molecule has 6 nitrogen and oxygen atoms in total. The number of rotatable bonds is 8. The van der Waals surface area contributed by atoms with Crippen molar-refractivity contribution >= 4 is 12.0 Å². The lowest BCUT2D eigenvalue weighted by Gasteiger charge is -2.34. The zero-order chi connectivity index (χ0) is 29.5. The van der Waals surface area contributed by atoms with Crippen molar-refractivity contribution in [2.24, 2.45) is 0 Å². The Kier molecular flexibility index (Phi) is 13.5. The van der Waals surface area contributed by atoms with E-state index in [1.54, 1.807) is 43.7 Å². The molecule has 218 valence electrons. The zero-order valence-corrected chi connectivity index (χ0v) is 23.5. The monoisotopic (exact) mass is 562 g/mol. The van der Waals surface area contributed by atoms with Crippen molar-refractivity contribution in [1.29, 1.82) is 0 Å². The van der Waals surface area contributed by atoms with Gasteiger partial charge in [-0.1, -0.05) is 39.0 Å². The third-order valence-corrected chi connectivity index (χ3v) is 6.24. The van der Waals surface area contributed by atoms with Gasteiger partial charge in [-0.25, -0.2) is 4.39 Å². The summed E-state index contributed by atoms with van der Waals surface area (Å²) >= 11 is 0. The number of carbonyl (C=O) groups is 1. The first kappa shape index (κ1) is 32.7. The van der Waals surface area contributed by atoms with Gasteiger partial charge in [-0.05, 0) is 48.0 Å². The SMILES string of the molecule is CC.CCN1CCN(Cc2ccc(NC)cc2C(F)(F)F)CC1.O=CCOc1ccc(-c2cccnc2)cc1F. The summed E-state index contributed by atoms with van der Waals surface area (Å²) in [6.07, 6.45) is -0.427. The van der Waals surface area contributed by atoms with Gasteiger partial charge in [-0.3, -0.25) is 14.7 Å². The summed E-state index contributed by atoms with van der Waals surface area (Å²) in [5, 5.41) is 2.76. The molecule has 4 rings (SSSR count). The maximum absolute atomic E-state index is 13.6. The number of alkyl halides is 3. The van der Waals surface area contributed by atoms with E-state index in [9.17, 15) is 22.4 Å². The molecule has 3 aromatic rings. The van der Waals surface area contributed by atoms with E-state index in [1.807, 2.05) is 19.9 Å². The van der Waals surface area contributed by atoms with Crippen molar-refractivity contribution < 1.29 is 27.1 Å². The Bertz CT molecular complexity index is 1170. The number of ether oxygens (including phenoxy) is 1. The van der Waals surface area contributed by atoms with Crippen molar-refractivity contribution in [1.82, 2.24) is 14.8 Å². The molecule has 10 heteroatoms. The van der Waals surface area contributed by atoms with Crippen LogP contribution >= 0.6 is 0 Å². The van der Waals surface area contributed by atoms with Crippen LogP contribution < -0.4 is 10.1 Å². The number of anilines is 1. The largest absolute Gasteiger partial charge is 0.483 e. The number of halogens is 4. The molecule has 2 aromatic carbocycles. The molecule has 0 atom stereocenters. The number of pyridine rings is 1. The molecule has 0 radical (unpaired) electrons. The number of aromatic nitrogens is 1. The fourth-order valence-corrected chi connectivity index (χ4v) is 4.09. The zero-order valence-electron chi connectivity index (χ0n) is 23.5. The first-order chi connectivity index (χ1) is 19.2. The van der Waals surface area contributed by atoms with Crippen LogP contribution in [0.15, 0.2) is 60.9 Å². The number of benzene rings is 2. The molecular formula is C30H38F4N4O2. The topological polar surface area (TPSA) is 57.7 Å². The number of nitrogens with one attached hydrogen (secondary N) is 1. The van der Waals surface area contributed by atoms with E-state index >= 15 is 0 Å². The van der Waals surface area contributed by atoms with Gasteiger partial charge >= 0.3 is 6.18 Å². The number of hydrogen-bond acceptors (Lipinski definition) is 6. The van der Waals surface area contributed by atoms with Crippen LogP contribution in [0.2, 0.25) is 0 Å². The maximum atomic E-state index is 13.6. The molecular weight excluding hydrogens is 524 g/mol. The molecule has 0 bridgehead atoms. The molecule has 0 saturated carbocycles. The number of nitrogens with zero attached hydrogens (tertiary/aromatic N) is 3. The van der Waals surface area contributed by atoms with Crippen molar-refractivity contribution in [3.05, 3.63) is 77.9 Å². The highest BCUT2D eigenvalue weighted by atomic mass is 19.4. The highest BCUT2D eigenvalue weighted by Gasteiger charge is 2.34. The van der Waals surface area contributed by atoms with Crippen LogP contribution in [0.1, 0.15) is 31.9 Å². The Labute approximate surface area is 234 Å². The lowest BCUT2D eigenvalue weighted by molar-refractivity contribution is -0.138. The normalized spacial score (nSPS) is 13.8. The van der Waals surface area contributed by atoms with Gasteiger partial charge in [0.05, 0.1) is 5.56 Å². The van der Waals surface area contributed by atoms with Crippen LogP contribution in [-0.4, -0.2) is 67.4 Å². The van der Waals surface area contributed by atoms with E-state index < -0.39 is 17.6 Å². The third kappa shape index (κ3) is 9.91. The maximum Gasteiger partial charge on any atom is 0.416 e. The van der Waals surface area contributed by atoms with Crippen molar-refractivity contribution in [3.8, 4) is 16.9 Å². The Hall–Kier alpha value is -3.50. The van der Waals surface area contributed by atoms with Crippen molar-refractivity contribution in [3.63, 3.8) is 0 Å². The second-order valence-electron chi connectivity index (χ2n) is 8.69. The van der Waals surface area contributed by atoms with Gasteiger partial charge in [0, 0.05) is 63.4 Å². The fourth-order valence-electron chi connectivity index (χ4n) is 4.09. The molecule has 0 aliphatic carbocycles. The molecule has 0 amide bonds. The molecule has 0 spiro atoms. The Balaban J connectivity index is 0.000000269. The van der Waals surface area contributed by atoms with Crippen LogP contribution in [0.5, 0.6) is 5.75 Å². The number of likely N-dealkylation sites (N-methyl/N-ethyl adjacent to an activating group) is 1. The third-order valence-electron chi connectivity index (χ3n) is 6.24. The summed E-state index contributed by atoms with van der Waals surface area (Å²) in [4.78, 5) is 18.5. The highest BCUT2D eigenvalue weighted by Crippen LogP contribution is 2.34. The lowest BCUT2D eigenvalue weighted by atomic mass is 10.0. The smallest absolute Gasteiger partial charge is 0.416 e. The van der Waals surface area contributed by atoms with Crippen LogP contribution in [0.3, 0.4) is 0 Å². The van der Waals surface area contributed by atoms with Gasteiger partial charge in [-0.2, -0.15) is 13.2 Å². The van der Waals surface area contributed by atoms with Gasteiger partial charge in [0.1, 0.15) is 6.61 Å². The Morgan fingerprint density at radius 1 is 1.00 bits per heavy atom. The molecule has 1 fully saturated rings. The molecule has 1 N–H and O–H groups in total. The van der Waals surface area contributed by atoms with E-state index in [0.717, 1.165) is 38.3 Å². The molecule has 2 heterocycles. The molecule has 0 unspecified atom stereocenters. The summed E-state index contributed by atoms with van der Waals surface area (Å²) in [7, 11) is 1.62. The van der Waals surface area contributed by atoms with Crippen LogP contribution in [0.4, 0.5) is 23.2 Å².